The molecule has 0 unspecified atom stereocenters. The highest BCUT2D eigenvalue weighted by atomic mass is 16.3. The molecule has 13 aromatic rings. The van der Waals surface area contributed by atoms with Crippen LogP contribution in [0.1, 0.15) is 0 Å². The van der Waals surface area contributed by atoms with Gasteiger partial charge in [-0.05, 0) is 156 Å². The summed E-state index contributed by atoms with van der Waals surface area (Å²) in [5, 5.41) is 4.63. The number of fused-ring (bicyclic) bond motifs is 4. The fourth-order valence-electron chi connectivity index (χ4n) is 10.5. The van der Waals surface area contributed by atoms with Crippen molar-refractivity contribution in [2.45, 2.75) is 0 Å². The van der Waals surface area contributed by atoms with Crippen LogP contribution in [-0.2, 0) is 0 Å². The normalized spacial score (nSPS) is 11.3. The van der Waals surface area contributed by atoms with Crippen molar-refractivity contribution in [1.29, 1.82) is 0 Å². The van der Waals surface area contributed by atoms with Gasteiger partial charge in [0.25, 0.3) is 0 Å². The molecule has 0 radical (unpaired) electrons. The van der Waals surface area contributed by atoms with Crippen LogP contribution in [0.25, 0.3) is 111 Å². The summed E-state index contributed by atoms with van der Waals surface area (Å²) in [6.45, 7) is 0. The van der Waals surface area contributed by atoms with Crippen molar-refractivity contribution in [3.63, 3.8) is 0 Å². The van der Waals surface area contributed by atoms with Gasteiger partial charge in [-0.1, -0.05) is 212 Å². The Hall–Kier alpha value is -9.50. The lowest BCUT2D eigenvalue weighted by molar-refractivity contribution is 0.670. The molecular weight excluding hydrogens is 871 g/mol. The number of furan rings is 1. The molecule has 0 amide bonds. The van der Waals surface area contributed by atoms with Gasteiger partial charge in [0.1, 0.15) is 11.2 Å². The van der Waals surface area contributed by atoms with Crippen molar-refractivity contribution >= 4 is 49.8 Å². The number of rotatable bonds is 10. The molecule has 0 spiro atoms. The second-order valence-electron chi connectivity index (χ2n) is 18.4. The standard InChI is InChI=1S/C70H47NO/c1-4-17-48(18-5-1)58-45-59(49-19-6-2-7-20-49)47-60(46-58)64-28-13-12-27-63(64)53-35-39-62(40-36-53)71(67-42-41-65(52-22-8-3-9-23-52)70-69(67)66-29-14-15-30-68(66)72-70)61-37-33-51(34-38-61)55-25-16-26-56(43-55)57-32-31-50-21-10-11-24-54(50)44-57/h1-47H. The Kier molecular flexibility index (Phi) is 10.9. The third kappa shape index (κ3) is 8.01. The molecule has 0 saturated heterocycles. The van der Waals surface area contributed by atoms with E-state index in [4.69, 9.17) is 4.42 Å². The van der Waals surface area contributed by atoms with Crippen molar-refractivity contribution in [3.05, 3.63) is 285 Å². The Morgan fingerprint density at radius 3 is 1.36 bits per heavy atom. The van der Waals surface area contributed by atoms with Gasteiger partial charge in [-0.25, -0.2) is 0 Å². The molecule has 0 N–H and O–H groups in total. The minimum absolute atomic E-state index is 0.859. The second kappa shape index (κ2) is 18.4. The van der Waals surface area contributed by atoms with Gasteiger partial charge >= 0.3 is 0 Å². The predicted octanol–water partition coefficient (Wildman–Crippen LogP) is 19.9. The first-order valence-corrected chi connectivity index (χ1v) is 24.6. The van der Waals surface area contributed by atoms with Gasteiger partial charge in [-0.3, -0.25) is 0 Å². The van der Waals surface area contributed by atoms with Gasteiger partial charge in [0.05, 0.1) is 11.1 Å². The van der Waals surface area contributed by atoms with E-state index in [2.05, 4.69) is 290 Å². The van der Waals surface area contributed by atoms with Crippen LogP contribution in [0, 0.1) is 0 Å². The number of anilines is 3. The van der Waals surface area contributed by atoms with Crippen molar-refractivity contribution in [2.75, 3.05) is 4.90 Å². The molecule has 12 aromatic carbocycles. The Morgan fingerprint density at radius 1 is 0.250 bits per heavy atom. The molecule has 1 heterocycles. The van der Waals surface area contributed by atoms with E-state index in [0.717, 1.165) is 61.3 Å². The molecule has 0 bridgehead atoms. The van der Waals surface area contributed by atoms with E-state index in [9.17, 15) is 0 Å². The third-order valence-electron chi connectivity index (χ3n) is 14.1. The number of hydrogen-bond acceptors (Lipinski definition) is 2. The van der Waals surface area contributed by atoms with Gasteiger partial charge in [-0.2, -0.15) is 0 Å². The van der Waals surface area contributed by atoms with Crippen LogP contribution in [0.3, 0.4) is 0 Å². The molecule has 1 aromatic heterocycles. The lowest BCUT2D eigenvalue weighted by Crippen LogP contribution is -2.10. The molecule has 0 aliphatic rings. The van der Waals surface area contributed by atoms with Crippen LogP contribution in [0.2, 0.25) is 0 Å². The molecule has 72 heavy (non-hydrogen) atoms. The maximum absolute atomic E-state index is 6.83. The van der Waals surface area contributed by atoms with E-state index in [-0.39, 0.29) is 0 Å². The van der Waals surface area contributed by atoms with Crippen molar-refractivity contribution in [1.82, 2.24) is 0 Å². The van der Waals surface area contributed by atoms with E-state index >= 15 is 0 Å². The zero-order valence-electron chi connectivity index (χ0n) is 39.5. The van der Waals surface area contributed by atoms with Crippen LogP contribution >= 0.6 is 0 Å². The van der Waals surface area contributed by atoms with Crippen LogP contribution in [-0.4, -0.2) is 0 Å². The lowest BCUT2D eigenvalue weighted by Gasteiger charge is -2.27. The Bertz CT molecular complexity index is 4000. The number of hydrogen-bond donors (Lipinski definition) is 0. The summed E-state index contributed by atoms with van der Waals surface area (Å²) in [5.41, 5.74) is 21.2. The summed E-state index contributed by atoms with van der Waals surface area (Å²) in [5.74, 6) is 0. The molecule has 0 saturated carbocycles. The van der Waals surface area contributed by atoms with Gasteiger partial charge < -0.3 is 9.32 Å². The van der Waals surface area contributed by atoms with Gasteiger partial charge in [-0.15, -0.1) is 0 Å². The molecular formula is C70H47NO. The van der Waals surface area contributed by atoms with Gasteiger partial charge in [0.2, 0.25) is 0 Å². The highest BCUT2D eigenvalue weighted by Gasteiger charge is 2.23. The minimum Gasteiger partial charge on any atom is -0.455 e. The molecule has 2 heteroatoms. The summed E-state index contributed by atoms with van der Waals surface area (Å²) in [4.78, 5) is 2.39. The molecule has 338 valence electrons. The second-order valence-corrected chi connectivity index (χ2v) is 18.4. The number of para-hydroxylation sites is 1. The summed E-state index contributed by atoms with van der Waals surface area (Å²) in [6.07, 6.45) is 0. The van der Waals surface area contributed by atoms with Crippen molar-refractivity contribution in [2.24, 2.45) is 0 Å². The topological polar surface area (TPSA) is 16.4 Å². The fraction of sp³-hybridized carbons (Fsp3) is 0. The van der Waals surface area contributed by atoms with Crippen LogP contribution < -0.4 is 4.90 Å². The first-order valence-electron chi connectivity index (χ1n) is 24.6. The third-order valence-corrected chi connectivity index (χ3v) is 14.1. The summed E-state index contributed by atoms with van der Waals surface area (Å²) < 4.78 is 6.83. The van der Waals surface area contributed by atoms with Crippen molar-refractivity contribution < 1.29 is 4.42 Å². The maximum atomic E-state index is 6.83. The highest BCUT2D eigenvalue weighted by Crippen LogP contribution is 2.47. The Balaban J connectivity index is 0.933. The fourth-order valence-corrected chi connectivity index (χ4v) is 10.5. The van der Waals surface area contributed by atoms with Gasteiger partial charge in [0.15, 0.2) is 0 Å². The van der Waals surface area contributed by atoms with Crippen LogP contribution in [0.15, 0.2) is 290 Å². The summed E-state index contributed by atoms with van der Waals surface area (Å²) >= 11 is 0. The SMILES string of the molecule is c1ccc(-c2cc(-c3ccccc3)cc(-c3ccccc3-c3ccc(N(c4ccc(-c5cccc(-c6ccc7ccccc7c6)c5)cc4)c4ccc(-c5ccccc5)c5oc6ccccc6c45)cc3)c2)cc1. The molecule has 13 rings (SSSR count). The molecule has 0 atom stereocenters. The Morgan fingerprint density at radius 2 is 0.694 bits per heavy atom. The molecule has 2 nitrogen and oxygen atoms in total. The quantitative estimate of drug-likeness (QED) is 0.136. The smallest absolute Gasteiger partial charge is 0.145 e. The summed E-state index contributed by atoms with van der Waals surface area (Å²) in [7, 11) is 0. The molecule has 0 aliphatic heterocycles. The van der Waals surface area contributed by atoms with Gasteiger partial charge in [0, 0.05) is 22.3 Å². The van der Waals surface area contributed by atoms with E-state index in [1.807, 2.05) is 0 Å². The van der Waals surface area contributed by atoms with E-state index in [1.54, 1.807) is 0 Å². The highest BCUT2D eigenvalue weighted by molar-refractivity contribution is 6.17. The zero-order valence-corrected chi connectivity index (χ0v) is 39.5. The maximum Gasteiger partial charge on any atom is 0.145 e. The van der Waals surface area contributed by atoms with E-state index in [0.29, 0.717) is 0 Å². The summed E-state index contributed by atoms with van der Waals surface area (Å²) in [6, 6.07) is 103. The minimum atomic E-state index is 0.859. The number of benzene rings is 12. The zero-order chi connectivity index (χ0) is 47.8. The first-order chi connectivity index (χ1) is 35.7. The Labute approximate surface area is 420 Å². The van der Waals surface area contributed by atoms with E-state index in [1.165, 1.54) is 66.4 Å². The van der Waals surface area contributed by atoms with Crippen molar-refractivity contribution in [3.8, 4) is 77.9 Å². The molecule has 0 fully saturated rings. The van der Waals surface area contributed by atoms with Crippen LogP contribution in [0.5, 0.6) is 0 Å². The number of nitrogens with zero attached hydrogens (tertiary/aromatic N) is 1. The lowest BCUT2D eigenvalue weighted by atomic mass is 9.89. The average Bonchev–Trinajstić information content (AvgIpc) is 3.86. The monoisotopic (exact) mass is 917 g/mol. The molecule has 0 aliphatic carbocycles. The van der Waals surface area contributed by atoms with E-state index < -0.39 is 0 Å². The average molecular weight is 918 g/mol. The largest absolute Gasteiger partial charge is 0.455 e. The first kappa shape index (κ1) is 42.6. The predicted molar refractivity (Wildman–Crippen MR) is 304 cm³/mol. The van der Waals surface area contributed by atoms with Crippen LogP contribution in [0.4, 0.5) is 17.1 Å².